The van der Waals surface area contributed by atoms with E-state index in [0.717, 1.165) is 41.8 Å². The van der Waals surface area contributed by atoms with E-state index in [-0.39, 0.29) is 5.91 Å². The summed E-state index contributed by atoms with van der Waals surface area (Å²) in [7, 11) is 0. The van der Waals surface area contributed by atoms with Crippen LogP contribution in [-0.2, 0) is 0 Å². The molecule has 1 aliphatic rings. The number of pyridine rings is 2. The first-order chi connectivity index (χ1) is 16.7. The topological polar surface area (TPSA) is 49.3 Å². The number of halogens is 1. The summed E-state index contributed by atoms with van der Waals surface area (Å²) in [5.41, 5.74) is 4.27. The molecule has 1 fully saturated rings. The quantitative estimate of drug-likeness (QED) is 0.392. The number of rotatable bonds is 5. The fraction of sp³-hybridized carbons (Fsp3) is 0.179. The minimum atomic E-state index is 0.0180. The fourth-order valence-electron chi connectivity index (χ4n) is 4.25. The molecule has 0 aliphatic carbocycles. The monoisotopic (exact) mass is 468 g/mol. The zero-order valence-electron chi connectivity index (χ0n) is 18.8. The number of hydrogen-bond acceptors (Lipinski definition) is 4. The van der Waals surface area contributed by atoms with Crippen molar-refractivity contribution in [1.82, 2.24) is 19.8 Å². The highest BCUT2D eigenvalue weighted by Crippen LogP contribution is 2.28. The predicted molar refractivity (Wildman–Crippen MR) is 138 cm³/mol. The van der Waals surface area contributed by atoms with Gasteiger partial charge in [-0.2, -0.15) is 0 Å². The van der Waals surface area contributed by atoms with Gasteiger partial charge in [-0.1, -0.05) is 54.1 Å². The summed E-state index contributed by atoms with van der Waals surface area (Å²) in [6, 6.07) is 21.5. The number of carbonyl (C=O) groups is 1. The lowest BCUT2D eigenvalue weighted by Gasteiger charge is -2.34. The molecule has 1 saturated heterocycles. The van der Waals surface area contributed by atoms with Gasteiger partial charge in [0.05, 0.1) is 16.8 Å². The van der Waals surface area contributed by atoms with Crippen LogP contribution in [0.2, 0.25) is 5.02 Å². The maximum Gasteiger partial charge on any atom is 0.254 e. The van der Waals surface area contributed by atoms with Gasteiger partial charge in [0.2, 0.25) is 0 Å². The van der Waals surface area contributed by atoms with Gasteiger partial charge in [0.1, 0.15) is 0 Å². The lowest BCUT2D eigenvalue weighted by Crippen LogP contribution is -2.48. The van der Waals surface area contributed by atoms with E-state index >= 15 is 0 Å². The van der Waals surface area contributed by atoms with Gasteiger partial charge in [-0.3, -0.25) is 14.7 Å². The van der Waals surface area contributed by atoms with Crippen LogP contribution >= 0.6 is 11.6 Å². The molecule has 0 saturated carbocycles. The molecule has 170 valence electrons. The average Bonchev–Trinajstić information content (AvgIpc) is 2.89. The summed E-state index contributed by atoms with van der Waals surface area (Å²) in [6.07, 6.45) is 7.79. The van der Waals surface area contributed by atoms with Crippen molar-refractivity contribution in [2.75, 3.05) is 32.7 Å². The van der Waals surface area contributed by atoms with Crippen molar-refractivity contribution in [3.05, 3.63) is 101 Å². The van der Waals surface area contributed by atoms with Crippen LogP contribution in [0.5, 0.6) is 0 Å². The molecule has 1 amide bonds. The number of benzene rings is 2. The van der Waals surface area contributed by atoms with Gasteiger partial charge in [-0.15, -0.1) is 0 Å². The van der Waals surface area contributed by atoms with Crippen molar-refractivity contribution >= 4 is 34.5 Å². The van der Waals surface area contributed by atoms with Gasteiger partial charge in [-0.25, -0.2) is 4.98 Å². The number of hydrogen-bond donors (Lipinski definition) is 0. The van der Waals surface area contributed by atoms with Crippen LogP contribution in [0.25, 0.3) is 28.2 Å². The van der Waals surface area contributed by atoms with Crippen LogP contribution in [0, 0.1) is 0 Å². The molecule has 5 nitrogen and oxygen atoms in total. The van der Waals surface area contributed by atoms with Crippen LogP contribution in [-0.4, -0.2) is 58.4 Å². The van der Waals surface area contributed by atoms with Gasteiger partial charge < -0.3 is 4.90 Å². The number of piperazine rings is 1. The lowest BCUT2D eigenvalue weighted by atomic mass is 10.0. The second-order valence-corrected chi connectivity index (χ2v) is 8.79. The maximum absolute atomic E-state index is 13.6. The van der Waals surface area contributed by atoms with Crippen LogP contribution < -0.4 is 0 Å². The smallest absolute Gasteiger partial charge is 0.254 e. The Bertz CT molecular complexity index is 1320. The van der Waals surface area contributed by atoms with Crippen molar-refractivity contribution in [1.29, 1.82) is 0 Å². The fourth-order valence-corrected chi connectivity index (χ4v) is 4.42. The van der Waals surface area contributed by atoms with E-state index in [9.17, 15) is 4.79 Å². The van der Waals surface area contributed by atoms with Gasteiger partial charge in [-0.05, 0) is 42.0 Å². The molecule has 0 spiro atoms. The summed E-state index contributed by atoms with van der Waals surface area (Å²) in [6.45, 7) is 3.93. The first kappa shape index (κ1) is 22.3. The Morgan fingerprint density at radius 2 is 1.71 bits per heavy atom. The second kappa shape index (κ2) is 10.2. The number of nitrogens with zero attached hydrogens (tertiary/aromatic N) is 4. The number of amides is 1. The minimum Gasteiger partial charge on any atom is -0.336 e. The Kier molecular flexibility index (Phi) is 6.65. The highest BCUT2D eigenvalue weighted by Gasteiger charge is 2.24. The van der Waals surface area contributed by atoms with E-state index in [4.69, 9.17) is 16.6 Å². The molecule has 0 bridgehead atoms. The highest BCUT2D eigenvalue weighted by molar-refractivity contribution is 6.31. The third-order valence-electron chi connectivity index (χ3n) is 6.11. The lowest BCUT2D eigenvalue weighted by molar-refractivity contribution is 0.0652. The first-order valence-corrected chi connectivity index (χ1v) is 11.8. The van der Waals surface area contributed by atoms with E-state index in [0.29, 0.717) is 23.7 Å². The number of fused-ring (bicyclic) bond motifs is 1. The molecule has 1 aliphatic heterocycles. The Morgan fingerprint density at radius 1 is 0.941 bits per heavy atom. The van der Waals surface area contributed by atoms with Crippen molar-refractivity contribution < 1.29 is 4.79 Å². The molecule has 2 aromatic heterocycles. The molecule has 4 aromatic rings. The normalized spacial score (nSPS) is 14.7. The first-order valence-electron chi connectivity index (χ1n) is 11.4. The average molecular weight is 469 g/mol. The minimum absolute atomic E-state index is 0.0180. The molecule has 2 aromatic carbocycles. The Labute approximate surface area is 204 Å². The molecular formula is C28H25ClN4O. The molecular weight excluding hydrogens is 444 g/mol. The van der Waals surface area contributed by atoms with Crippen molar-refractivity contribution in [3.8, 4) is 11.3 Å². The summed E-state index contributed by atoms with van der Waals surface area (Å²) in [5.74, 6) is 0.0180. The molecule has 0 atom stereocenters. The van der Waals surface area contributed by atoms with Crippen molar-refractivity contribution in [2.45, 2.75) is 0 Å². The number of aromatic nitrogens is 2. The van der Waals surface area contributed by atoms with Gasteiger partial charge in [0.25, 0.3) is 5.91 Å². The summed E-state index contributed by atoms with van der Waals surface area (Å²) >= 11 is 6.28. The zero-order chi connectivity index (χ0) is 23.3. The van der Waals surface area contributed by atoms with Crippen LogP contribution in [0.4, 0.5) is 0 Å². The van der Waals surface area contributed by atoms with E-state index in [1.807, 2.05) is 59.5 Å². The maximum atomic E-state index is 13.6. The number of carbonyl (C=O) groups excluding carboxylic acids is 1. The SMILES string of the molecule is O=C(c1cc(-c2ccncc2)nc2ccc(Cl)cc12)N1CCN(CC=Cc2ccccc2)CC1. The molecule has 0 N–H and O–H groups in total. The molecule has 34 heavy (non-hydrogen) atoms. The molecule has 5 rings (SSSR count). The summed E-state index contributed by atoms with van der Waals surface area (Å²) < 4.78 is 0. The predicted octanol–water partition coefficient (Wildman–Crippen LogP) is 5.42. The third kappa shape index (κ3) is 5.01. The van der Waals surface area contributed by atoms with E-state index < -0.39 is 0 Å². The molecule has 3 heterocycles. The van der Waals surface area contributed by atoms with Crippen LogP contribution in [0.15, 0.2) is 85.2 Å². The zero-order valence-corrected chi connectivity index (χ0v) is 19.5. The molecule has 0 radical (unpaired) electrons. The van der Waals surface area contributed by atoms with Crippen LogP contribution in [0.3, 0.4) is 0 Å². The van der Waals surface area contributed by atoms with Crippen molar-refractivity contribution in [2.24, 2.45) is 0 Å². The summed E-state index contributed by atoms with van der Waals surface area (Å²) in [4.78, 5) is 26.8. The Hall–Kier alpha value is -3.54. The largest absolute Gasteiger partial charge is 0.336 e. The van der Waals surface area contributed by atoms with Gasteiger partial charge in [0.15, 0.2) is 0 Å². The van der Waals surface area contributed by atoms with E-state index in [2.05, 4.69) is 34.2 Å². The molecule has 6 heteroatoms. The van der Waals surface area contributed by atoms with Gasteiger partial charge in [0, 0.05) is 61.1 Å². The summed E-state index contributed by atoms with van der Waals surface area (Å²) in [5, 5.41) is 1.37. The van der Waals surface area contributed by atoms with Crippen LogP contribution in [0.1, 0.15) is 15.9 Å². The Balaban J connectivity index is 1.33. The Morgan fingerprint density at radius 3 is 2.47 bits per heavy atom. The third-order valence-corrected chi connectivity index (χ3v) is 6.35. The highest BCUT2D eigenvalue weighted by atomic mass is 35.5. The molecule has 0 unspecified atom stereocenters. The second-order valence-electron chi connectivity index (χ2n) is 8.36. The van der Waals surface area contributed by atoms with Crippen molar-refractivity contribution in [3.63, 3.8) is 0 Å². The van der Waals surface area contributed by atoms with Gasteiger partial charge >= 0.3 is 0 Å². The van der Waals surface area contributed by atoms with E-state index in [1.165, 1.54) is 5.56 Å². The van der Waals surface area contributed by atoms with E-state index in [1.54, 1.807) is 12.4 Å². The standard InChI is InChI=1S/C28H25ClN4O/c29-23-8-9-26-24(19-23)25(20-27(31-26)22-10-12-30-13-11-22)28(34)33-17-15-32(16-18-33)14-4-7-21-5-2-1-3-6-21/h1-13,19-20H,14-18H2.